The summed E-state index contributed by atoms with van der Waals surface area (Å²) in [5.74, 6) is -7.33. The van der Waals surface area contributed by atoms with Crippen LogP contribution in [0.25, 0.3) is 0 Å². The molecule has 0 saturated carbocycles. The van der Waals surface area contributed by atoms with Crippen LogP contribution in [0.1, 0.15) is 6.92 Å². The summed E-state index contributed by atoms with van der Waals surface area (Å²) in [7, 11) is 0. The first kappa shape index (κ1) is 40.0. The number of aliphatic carboxylic acids is 1. The van der Waals surface area contributed by atoms with Gasteiger partial charge in [-0.1, -0.05) is 6.92 Å². The minimum absolute atomic E-state index is 0.0442. The molecule has 3 saturated heterocycles. The predicted molar refractivity (Wildman–Crippen MR) is 153 cm³/mol. The number of nitro groups is 1. The molecule has 0 aromatic heterocycles. The molecule has 3 aliphatic heterocycles. The zero-order valence-electron chi connectivity index (χ0n) is 26.1. The van der Waals surface area contributed by atoms with Crippen molar-refractivity contribution in [2.45, 2.75) is 105 Å². The lowest BCUT2D eigenvalue weighted by Crippen LogP contribution is -2.71. The Bertz CT molecular complexity index is 1290. The summed E-state index contributed by atoms with van der Waals surface area (Å²) < 4.78 is 48.3. The predicted octanol–water partition coefficient (Wildman–Crippen LogP) is -5.15. The van der Waals surface area contributed by atoms with Gasteiger partial charge < -0.3 is 84.6 Å². The molecule has 3 heterocycles. The van der Waals surface area contributed by atoms with E-state index < -0.39 is 134 Å². The maximum Gasteiger partial charge on any atom is 0.367 e. The number of aliphatic hydroxyl groups excluding tert-OH is 10. The maximum atomic E-state index is 15.7. The first-order valence-electron chi connectivity index (χ1n) is 15.2. The van der Waals surface area contributed by atoms with Gasteiger partial charge in [0.15, 0.2) is 12.5 Å². The van der Waals surface area contributed by atoms with Gasteiger partial charge in [0.25, 0.3) is 5.69 Å². The monoisotopic (exact) mass is 729 g/mol. The van der Waals surface area contributed by atoms with Gasteiger partial charge in [-0.25, -0.2) is 9.18 Å². The van der Waals surface area contributed by atoms with Gasteiger partial charge in [-0.2, -0.15) is 0 Å². The van der Waals surface area contributed by atoms with Crippen molar-refractivity contribution >= 4 is 11.7 Å². The molecule has 0 aliphatic carbocycles. The SMILES string of the molecule is C[C@H]1C([C@H](O)[C@H](O)CO)O[C@@](O[C@@H]2C(O)[C@H](O[C@@H]3C(CO)O[C@@H](Oc4ccc([N+](=O)[O-])cc4)C(O)[C@H]3O)OC(CO)[C@@H]2O)(C(=O)O)C(F)[C@H]1O. The summed E-state index contributed by atoms with van der Waals surface area (Å²) >= 11 is 0. The number of benzene rings is 1. The summed E-state index contributed by atoms with van der Waals surface area (Å²) in [6.07, 6.45) is -30.9. The van der Waals surface area contributed by atoms with E-state index in [1.54, 1.807) is 0 Å². The van der Waals surface area contributed by atoms with Crippen LogP contribution in [0.3, 0.4) is 0 Å². The highest BCUT2D eigenvalue weighted by Gasteiger charge is 2.64. The van der Waals surface area contributed by atoms with Crippen molar-refractivity contribution < 1.29 is 98.7 Å². The van der Waals surface area contributed by atoms with Crippen molar-refractivity contribution in [2.75, 3.05) is 19.8 Å². The van der Waals surface area contributed by atoms with Crippen molar-refractivity contribution in [3.8, 4) is 5.75 Å². The molecule has 3 fully saturated rings. The average Bonchev–Trinajstić information content (AvgIpc) is 3.10. The Morgan fingerprint density at radius 2 is 1.52 bits per heavy atom. The Labute approximate surface area is 281 Å². The largest absolute Gasteiger partial charge is 0.477 e. The highest BCUT2D eigenvalue weighted by atomic mass is 19.1. The second kappa shape index (κ2) is 16.3. The molecule has 0 radical (unpaired) electrons. The molecule has 0 spiro atoms. The van der Waals surface area contributed by atoms with Gasteiger partial charge in [-0.3, -0.25) is 10.1 Å². The number of rotatable bonds is 13. The summed E-state index contributed by atoms with van der Waals surface area (Å²) in [6, 6.07) is 4.51. The van der Waals surface area contributed by atoms with Crippen LogP contribution in [0.5, 0.6) is 5.75 Å². The Morgan fingerprint density at radius 1 is 0.920 bits per heavy atom. The third kappa shape index (κ3) is 7.69. The summed E-state index contributed by atoms with van der Waals surface area (Å²) in [5.41, 5.74) is -0.279. The Morgan fingerprint density at radius 3 is 2.06 bits per heavy atom. The van der Waals surface area contributed by atoms with Crippen molar-refractivity contribution in [1.29, 1.82) is 0 Å². The van der Waals surface area contributed by atoms with Gasteiger partial charge in [0.1, 0.15) is 66.8 Å². The fourth-order valence-electron chi connectivity index (χ4n) is 5.84. The van der Waals surface area contributed by atoms with E-state index in [-0.39, 0.29) is 11.4 Å². The quantitative estimate of drug-likeness (QED) is 0.0668. The zero-order valence-corrected chi connectivity index (χ0v) is 26.1. The van der Waals surface area contributed by atoms with Crippen LogP contribution in [-0.4, -0.2) is 185 Å². The third-order valence-corrected chi connectivity index (χ3v) is 8.79. The molecule has 0 amide bonds. The molecule has 11 N–H and O–H groups in total. The molecule has 1 aromatic rings. The highest BCUT2D eigenvalue weighted by Crippen LogP contribution is 2.41. The first-order valence-corrected chi connectivity index (χ1v) is 15.2. The number of carboxylic acids is 1. The van der Waals surface area contributed by atoms with E-state index in [1.165, 1.54) is 12.1 Å². The van der Waals surface area contributed by atoms with Crippen LogP contribution in [0, 0.1) is 16.0 Å². The first-order chi connectivity index (χ1) is 23.5. The van der Waals surface area contributed by atoms with Crippen LogP contribution < -0.4 is 4.74 Å². The summed E-state index contributed by atoms with van der Waals surface area (Å²) in [5, 5.41) is 125. The van der Waals surface area contributed by atoms with E-state index in [0.717, 1.165) is 19.1 Å². The van der Waals surface area contributed by atoms with Gasteiger partial charge in [0.05, 0.1) is 37.0 Å². The third-order valence-electron chi connectivity index (χ3n) is 8.79. The lowest BCUT2D eigenvalue weighted by Gasteiger charge is -2.51. The van der Waals surface area contributed by atoms with Gasteiger partial charge in [-0.15, -0.1) is 0 Å². The number of hydrogen-bond acceptors (Lipinski definition) is 19. The Hall–Kier alpha value is -2.78. The minimum Gasteiger partial charge on any atom is -0.477 e. The summed E-state index contributed by atoms with van der Waals surface area (Å²) in [6.45, 7) is -1.90. The lowest BCUT2D eigenvalue weighted by molar-refractivity contribution is -0.396. The van der Waals surface area contributed by atoms with Gasteiger partial charge >= 0.3 is 11.8 Å². The number of hydrogen-bond donors (Lipinski definition) is 11. The second-order valence-corrected chi connectivity index (χ2v) is 12.0. The molecule has 3 aliphatic rings. The van der Waals surface area contributed by atoms with Crippen LogP contribution in [0.4, 0.5) is 10.1 Å². The van der Waals surface area contributed by atoms with E-state index in [9.17, 15) is 71.1 Å². The molecule has 284 valence electrons. The molecule has 6 unspecified atom stereocenters. The van der Waals surface area contributed by atoms with E-state index >= 15 is 4.39 Å². The molecule has 50 heavy (non-hydrogen) atoms. The van der Waals surface area contributed by atoms with Crippen molar-refractivity contribution in [1.82, 2.24) is 0 Å². The van der Waals surface area contributed by atoms with Crippen molar-refractivity contribution in [3.63, 3.8) is 0 Å². The highest BCUT2D eigenvalue weighted by molar-refractivity contribution is 5.77. The fraction of sp³-hybridized carbons (Fsp3) is 0.750. The number of non-ortho nitro benzene ring substituents is 1. The van der Waals surface area contributed by atoms with Crippen molar-refractivity contribution in [3.05, 3.63) is 34.4 Å². The van der Waals surface area contributed by atoms with Crippen LogP contribution in [0.15, 0.2) is 24.3 Å². The molecular formula is C28H40FNO20. The fourth-order valence-corrected chi connectivity index (χ4v) is 5.84. The number of nitrogens with zero attached hydrogens (tertiary/aromatic N) is 1. The number of alkyl halides is 1. The van der Waals surface area contributed by atoms with Crippen LogP contribution >= 0.6 is 0 Å². The molecule has 0 bridgehead atoms. The Balaban J connectivity index is 1.57. The van der Waals surface area contributed by atoms with E-state index in [2.05, 4.69) is 0 Å². The van der Waals surface area contributed by atoms with Gasteiger partial charge in [0, 0.05) is 18.1 Å². The second-order valence-electron chi connectivity index (χ2n) is 12.0. The standard InChI is InChI=1S/C28H40FNO20/c1-9-15(35)24(29)28(27(41)42,49-21(9)16(36)12(34)6-31)50-23-17(37)13(7-32)46-26(20(23)40)48-22-14(8-33)47-25(19(39)18(22)38)45-11-4-2-10(3-5-11)30(43)44/h2-5,9,12-26,31-40H,6-8H2,1H3,(H,41,42)/t9-,12-,13?,14?,15+,16-,17+,18-,19?,20?,21?,22-,23+,24?,25-,26+,28+/m1/s1. The number of halogens is 1. The maximum absolute atomic E-state index is 15.7. The van der Waals surface area contributed by atoms with Crippen LogP contribution in [0.2, 0.25) is 0 Å². The number of carbonyl (C=O) groups is 1. The number of aliphatic hydroxyl groups is 10. The van der Waals surface area contributed by atoms with Crippen LogP contribution in [-0.2, 0) is 28.5 Å². The minimum atomic E-state index is -3.61. The summed E-state index contributed by atoms with van der Waals surface area (Å²) in [4.78, 5) is 22.8. The number of nitro benzene ring substituents is 1. The van der Waals surface area contributed by atoms with Gasteiger partial charge in [-0.05, 0) is 12.1 Å². The zero-order chi connectivity index (χ0) is 37.2. The average molecular weight is 730 g/mol. The van der Waals surface area contributed by atoms with Crippen molar-refractivity contribution in [2.24, 2.45) is 5.92 Å². The number of carboxylic acid groups (broad SMARTS) is 1. The molecule has 1 aromatic carbocycles. The van der Waals surface area contributed by atoms with Gasteiger partial charge in [0.2, 0.25) is 6.29 Å². The number of ether oxygens (including phenoxy) is 6. The molecule has 21 nitrogen and oxygen atoms in total. The lowest BCUT2D eigenvalue weighted by atomic mass is 9.83. The molecule has 22 heteroatoms. The Kier molecular flexibility index (Phi) is 13.0. The van der Waals surface area contributed by atoms with E-state index in [0.29, 0.717) is 0 Å². The normalized spacial score (nSPS) is 42.0. The molecule has 17 atom stereocenters. The molecular weight excluding hydrogens is 689 g/mol. The molecule has 4 rings (SSSR count). The van der Waals surface area contributed by atoms with E-state index in [4.69, 9.17) is 28.4 Å². The van der Waals surface area contributed by atoms with E-state index in [1.807, 2.05) is 0 Å². The smallest absolute Gasteiger partial charge is 0.367 e. The topological polar surface area (TPSA) is 338 Å².